The van der Waals surface area contributed by atoms with Crippen molar-refractivity contribution in [3.63, 3.8) is 0 Å². The van der Waals surface area contributed by atoms with Gasteiger partial charge in [-0.05, 0) is 11.1 Å². The SMILES string of the molecule is CC(CSCC1CSC(CSCC(C)C(=O)OCc2ccccc2)CS1)C(=O)OCc1ccccc1. The molecule has 4 nitrogen and oxygen atoms in total. The van der Waals surface area contributed by atoms with Crippen LogP contribution in [0, 0.1) is 11.8 Å². The Morgan fingerprint density at radius 1 is 0.750 bits per heavy atom. The Kier molecular flexibility index (Phi) is 13.5. The maximum absolute atomic E-state index is 12.3. The Balaban J connectivity index is 1.21. The van der Waals surface area contributed by atoms with E-state index in [1.165, 1.54) is 0 Å². The summed E-state index contributed by atoms with van der Waals surface area (Å²) in [6.07, 6.45) is 0. The standard InChI is InChI=1S/C28H36O4S4/c1-21(27(29)31-13-23-9-5-3-6-10-23)15-33-17-25-19-36-26(20-35-25)18-34-16-22(2)28(30)32-14-24-11-7-4-8-12-24/h3-12,21-22,25-26H,13-20H2,1-2H3. The third-order valence-corrected chi connectivity index (χ3v) is 12.0. The van der Waals surface area contributed by atoms with Gasteiger partial charge in [0.05, 0.1) is 11.8 Å². The second-order valence-corrected chi connectivity index (χ2v) is 13.8. The Bertz CT molecular complexity index is 829. The highest BCUT2D eigenvalue weighted by Gasteiger charge is 2.24. The maximum Gasteiger partial charge on any atom is 0.309 e. The first-order valence-electron chi connectivity index (χ1n) is 12.3. The van der Waals surface area contributed by atoms with Gasteiger partial charge in [0.25, 0.3) is 0 Å². The van der Waals surface area contributed by atoms with Crippen molar-refractivity contribution in [2.24, 2.45) is 11.8 Å². The Hall–Kier alpha value is -1.22. The number of benzene rings is 2. The lowest BCUT2D eigenvalue weighted by Crippen LogP contribution is -2.26. The molecule has 0 radical (unpaired) electrons. The monoisotopic (exact) mass is 564 g/mol. The zero-order chi connectivity index (χ0) is 25.6. The molecule has 3 rings (SSSR count). The number of carbonyl (C=O) groups excluding carboxylic acids is 2. The predicted octanol–water partition coefficient (Wildman–Crippen LogP) is 6.43. The van der Waals surface area contributed by atoms with E-state index in [2.05, 4.69) is 0 Å². The number of thioether (sulfide) groups is 4. The van der Waals surface area contributed by atoms with E-state index in [4.69, 9.17) is 9.47 Å². The van der Waals surface area contributed by atoms with Gasteiger partial charge in [-0.25, -0.2) is 0 Å². The van der Waals surface area contributed by atoms with Gasteiger partial charge in [0, 0.05) is 45.0 Å². The summed E-state index contributed by atoms with van der Waals surface area (Å²) < 4.78 is 10.9. The highest BCUT2D eigenvalue weighted by molar-refractivity contribution is 8.09. The second kappa shape index (κ2) is 16.6. The molecule has 0 aliphatic carbocycles. The molecule has 0 spiro atoms. The van der Waals surface area contributed by atoms with Crippen molar-refractivity contribution < 1.29 is 19.1 Å². The Morgan fingerprint density at radius 2 is 1.14 bits per heavy atom. The van der Waals surface area contributed by atoms with Crippen LogP contribution in [0.5, 0.6) is 0 Å². The minimum Gasteiger partial charge on any atom is -0.461 e. The van der Waals surface area contributed by atoms with Crippen LogP contribution in [0.1, 0.15) is 25.0 Å². The summed E-state index contributed by atoms with van der Waals surface area (Å²) in [5.74, 6) is 5.60. The van der Waals surface area contributed by atoms with Gasteiger partial charge in [0.15, 0.2) is 0 Å². The molecular formula is C28H36O4S4. The summed E-state index contributed by atoms with van der Waals surface area (Å²) in [5, 5.41) is 1.25. The molecule has 2 aromatic rings. The van der Waals surface area contributed by atoms with Gasteiger partial charge in [-0.15, -0.1) is 0 Å². The van der Waals surface area contributed by atoms with E-state index < -0.39 is 0 Å². The third-order valence-electron chi connectivity index (χ3n) is 5.63. The number of rotatable bonds is 14. The summed E-state index contributed by atoms with van der Waals surface area (Å²) in [4.78, 5) is 24.5. The first kappa shape index (κ1) is 29.3. The van der Waals surface area contributed by atoms with E-state index in [1.54, 1.807) is 0 Å². The van der Waals surface area contributed by atoms with Crippen LogP contribution in [0.25, 0.3) is 0 Å². The van der Waals surface area contributed by atoms with Crippen molar-refractivity contribution in [3.8, 4) is 0 Å². The van der Waals surface area contributed by atoms with Gasteiger partial charge in [-0.2, -0.15) is 47.0 Å². The van der Waals surface area contributed by atoms with Crippen LogP contribution < -0.4 is 0 Å². The average molecular weight is 565 g/mol. The number of carbonyl (C=O) groups is 2. The highest BCUT2D eigenvalue weighted by atomic mass is 32.2. The molecule has 0 N–H and O–H groups in total. The fraction of sp³-hybridized carbons (Fsp3) is 0.500. The molecule has 1 fully saturated rings. The fourth-order valence-electron chi connectivity index (χ4n) is 3.41. The minimum absolute atomic E-state index is 0.0922. The van der Waals surface area contributed by atoms with E-state index in [0.29, 0.717) is 23.7 Å². The van der Waals surface area contributed by atoms with Gasteiger partial charge in [-0.1, -0.05) is 74.5 Å². The summed E-state index contributed by atoms with van der Waals surface area (Å²) in [6.45, 7) is 4.59. The van der Waals surface area contributed by atoms with E-state index in [9.17, 15) is 9.59 Å². The van der Waals surface area contributed by atoms with Crippen LogP contribution in [-0.4, -0.2) is 57.0 Å². The summed E-state index contributed by atoms with van der Waals surface area (Å²) in [7, 11) is 0. The van der Waals surface area contributed by atoms with E-state index in [1.807, 2.05) is 122 Å². The van der Waals surface area contributed by atoms with Crippen molar-refractivity contribution in [2.45, 2.75) is 37.6 Å². The molecule has 0 aromatic heterocycles. The molecule has 0 bridgehead atoms. The number of ether oxygens (including phenoxy) is 2. The van der Waals surface area contributed by atoms with E-state index >= 15 is 0 Å². The van der Waals surface area contributed by atoms with Crippen molar-refractivity contribution in [2.75, 3.05) is 34.5 Å². The van der Waals surface area contributed by atoms with Gasteiger partial charge < -0.3 is 9.47 Å². The molecule has 1 aliphatic heterocycles. The lowest BCUT2D eigenvalue weighted by molar-refractivity contribution is -0.149. The molecule has 0 amide bonds. The Morgan fingerprint density at radius 3 is 1.50 bits per heavy atom. The molecule has 1 heterocycles. The summed E-state index contributed by atoms with van der Waals surface area (Å²) in [6, 6.07) is 19.6. The molecule has 4 unspecified atom stereocenters. The molecular weight excluding hydrogens is 529 g/mol. The minimum atomic E-state index is -0.118. The van der Waals surface area contributed by atoms with Crippen LogP contribution in [0.3, 0.4) is 0 Å². The van der Waals surface area contributed by atoms with Crippen LogP contribution >= 0.6 is 47.0 Å². The lowest BCUT2D eigenvalue weighted by Gasteiger charge is -2.27. The quantitative estimate of drug-likeness (QED) is 0.243. The average Bonchev–Trinajstić information content (AvgIpc) is 2.92. The normalized spacial score (nSPS) is 19.3. The molecule has 196 valence electrons. The van der Waals surface area contributed by atoms with Crippen LogP contribution in [0.15, 0.2) is 60.7 Å². The maximum atomic E-state index is 12.3. The zero-order valence-corrected chi connectivity index (χ0v) is 24.3. The van der Waals surface area contributed by atoms with Gasteiger partial charge in [-0.3, -0.25) is 9.59 Å². The zero-order valence-electron chi connectivity index (χ0n) is 21.0. The van der Waals surface area contributed by atoms with Gasteiger partial charge in [0.2, 0.25) is 0 Å². The van der Waals surface area contributed by atoms with Crippen molar-refractivity contribution in [1.29, 1.82) is 0 Å². The second-order valence-electron chi connectivity index (χ2n) is 8.97. The van der Waals surface area contributed by atoms with Gasteiger partial charge in [0.1, 0.15) is 13.2 Å². The van der Waals surface area contributed by atoms with Crippen molar-refractivity contribution in [3.05, 3.63) is 71.8 Å². The molecule has 36 heavy (non-hydrogen) atoms. The largest absolute Gasteiger partial charge is 0.461 e. The molecule has 1 aliphatic rings. The molecule has 2 aromatic carbocycles. The number of esters is 2. The van der Waals surface area contributed by atoms with Crippen molar-refractivity contribution in [1.82, 2.24) is 0 Å². The van der Waals surface area contributed by atoms with Crippen LogP contribution in [0.4, 0.5) is 0 Å². The highest BCUT2D eigenvalue weighted by Crippen LogP contribution is 2.34. The first-order valence-corrected chi connectivity index (χ1v) is 16.7. The molecule has 8 heteroatoms. The van der Waals surface area contributed by atoms with E-state index in [-0.39, 0.29) is 23.8 Å². The van der Waals surface area contributed by atoms with Gasteiger partial charge >= 0.3 is 11.9 Å². The van der Waals surface area contributed by atoms with Crippen LogP contribution in [0.2, 0.25) is 0 Å². The summed E-state index contributed by atoms with van der Waals surface area (Å²) >= 11 is 7.80. The van der Waals surface area contributed by atoms with E-state index in [0.717, 1.165) is 45.6 Å². The van der Waals surface area contributed by atoms with Crippen molar-refractivity contribution >= 4 is 59.0 Å². The first-order chi connectivity index (χ1) is 17.5. The fourth-order valence-corrected chi connectivity index (χ4v) is 9.52. The number of hydrogen-bond acceptors (Lipinski definition) is 8. The molecule has 1 saturated heterocycles. The smallest absolute Gasteiger partial charge is 0.309 e. The lowest BCUT2D eigenvalue weighted by atomic mass is 10.2. The predicted molar refractivity (Wildman–Crippen MR) is 158 cm³/mol. The molecule has 0 saturated carbocycles. The molecule has 4 atom stereocenters. The number of hydrogen-bond donors (Lipinski definition) is 0. The summed E-state index contributed by atoms with van der Waals surface area (Å²) in [5.41, 5.74) is 2.04. The topological polar surface area (TPSA) is 52.6 Å². The third kappa shape index (κ3) is 11.0. The van der Waals surface area contributed by atoms with Crippen LogP contribution in [-0.2, 0) is 32.3 Å². The Labute approximate surface area is 232 Å².